The molecule has 1 fully saturated rings. The summed E-state index contributed by atoms with van der Waals surface area (Å²) in [6, 6.07) is 8.11. The Morgan fingerprint density at radius 1 is 1.43 bits per heavy atom. The number of anilines is 1. The number of aromatic amines is 1. The fraction of sp³-hybridized carbons (Fsp3) is 0.294. The number of para-hydroxylation sites is 1. The number of nitrogens with zero attached hydrogens (tertiary/aromatic N) is 1. The fourth-order valence-corrected chi connectivity index (χ4v) is 3.65. The number of hydrogen-bond donors (Lipinski definition) is 2. The summed E-state index contributed by atoms with van der Waals surface area (Å²) in [6.07, 6.45) is 4.42. The Balaban J connectivity index is 1.49. The van der Waals surface area contributed by atoms with Gasteiger partial charge in [0.25, 0.3) is 0 Å². The number of aromatic nitrogens is 2. The maximum absolute atomic E-state index is 12.0. The van der Waals surface area contributed by atoms with Crippen molar-refractivity contribution < 1.29 is 9.53 Å². The zero-order valence-corrected chi connectivity index (χ0v) is 13.4. The molecule has 1 amide bonds. The lowest BCUT2D eigenvalue weighted by Gasteiger charge is -2.07. The van der Waals surface area contributed by atoms with Gasteiger partial charge in [0, 0.05) is 34.7 Å². The van der Waals surface area contributed by atoms with Gasteiger partial charge in [0.2, 0.25) is 5.91 Å². The molecule has 0 radical (unpaired) electrons. The highest BCUT2D eigenvalue weighted by Crippen LogP contribution is 2.31. The van der Waals surface area contributed by atoms with E-state index >= 15 is 0 Å². The molecule has 1 atom stereocenters. The van der Waals surface area contributed by atoms with Crippen LogP contribution in [0.4, 0.5) is 5.13 Å². The third-order valence-electron chi connectivity index (χ3n) is 4.05. The van der Waals surface area contributed by atoms with Gasteiger partial charge in [0.15, 0.2) is 5.13 Å². The lowest BCUT2D eigenvalue weighted by atomic mass is 10.1. The van der Waals surface area contributed by atoms with Gasteiger partial charge < -0.3 is 15.0 Å². The van der Waals surface area contributed by atoms with Gasteiger partial charge in [-0.3, -0.25) is 4.79 Å². The minimum atomic E-state index is -0.0308. The number of H-pyrrole nitrogens is 1. The van der Waals surface area contributed by atoms with Crippen molar-refractivity contribution in [2.75, 3.05) is 11.9 Å². The van der Waals surface area contributed by atoms with Crippen molar-refractivity contribution in [1.82, 2.24) is 9.97 Å². The lowest BCUT2D eigenvalue weighted by Crippen LogP contribution is -2.19. The number of nitrogens with one attached hydrogen (secondary N) is 2. The summed E-state index contributed by atoms with van der Waals surface area (Å²) in [4.78, 5) is 19.8. The zero-order valence-electron chi connectivity index (χ0n) is 12.5. The summed E-state index contributed by atoms with van der Waals surface area (Å²) >= 11 is 1.44. The molecule has 1 aromatic carbocycles. The first-order valence-electron chi connectivity index (χ1n) is 7.73. The van der Waals surface area contributed by atoms with Crippen molar-refractivity contribution in [1.29, 1.82) is 0 Å². The molecule has 118 valence electrons. The van der Waals surface area contributed by atoms with E-state index in [1.54, 1.807) is 0 Å². The van der Waals surface area contributed by atoms with Gasteiger partial charge >= 0.3 is 0 Å². The molecule has 1 aliphatic rings. The average Bonchev–Trinajstić information content (AvgIpc) is 3.26. The molecule has 6 heteroatoms. The van der Waals surface area contributed by atoms with Gasteiger partial charge in [-0.2, -0.15) is 0 Å². The molecule has 1 saturated heterocycles. The molecule has 1 unspecified atom stereocenters. The van der Waals surface area contributed by atoms with E-state index in [2.05, 4.69) is 21.4 Å². The molecule has 0 saturated carbocycles. The Bertz CT molecular complexity index is 833. The number of rotatable bonds is 4. The molecule has 2 N–H and O–H groups in total. The molecule has 23 heavy (non-hydrogen) atoms. The molecular weight excluding hydrogens is 310 g/mol. The molecule has 0 bridgehead atoms. The van der Waals surface area contributed by atoms with E-state index in [0.29, 0.717) is 11.6 Å². The first kappa shape index (κ1) is 14.4. The van der Waals surface area contributed by atoms with E-state index in [-0.39, 0.29) is 12.0 Å². The van der Waals surface area contributed by atoms with Crippen molar-refractivity contribution in [2.45, 2.75) is 25.4 Å². The molecule has 0 aliphatic carbocycles. The summed E-state index contributed by atoms with van der Waals surface area (Å²) in [6.45, 7) is 0.764. The number of amides is 1. The van der Waals surface area contributed by atoms with Crippen molar-refractivity contribution in [3.8, 4) is 11.3 Å². The van der Waals surface area contributed by atoms with Crippen LogP contribution in [0.1, 0.15) is 19.3 Å². The molecular formula is C17H17N3O2S. The van der Waals surface area contributed by atoms with Gasteiger partial charge in [-0.1, -0.05) is 18.2 Å². The van der Waals surface area contributed by atoms with Crippen LogP contribution in [0.2, 0.25) is 0 Å². The Labute approximate surface area is 137 Å². The first-order valence-corrected chi connectivity index (χ1v) is 8.61. The summed E-state index contributed by atoms with van der Waals surface area (Å²) in [7, 11) is 0. The lowest BCUT2D eigenvalue weighted by molar-refractivity contribution is -0.118. The number of hydrogen-bond acceptors (Lipinski definition) is 4. The summed E-state index contributed by atoms with van der Waals surface area (Å²) in [5.74, 6) is -0.0308. The van der Waals surface area contributed by atoms with Crippen LogP contribution in [0, 0.1) is 0 Å². The average molecular weight is 327 g/mol. The Morgan fingerprint density at radius 2 is 2.35 bits per heavy atom. The van der Waals surface area contributed by atoms with E-state index in [9.17, 15) is 4.79 Å². The fourth-order valence-electron chi connectivity index (χ4n) is 2.92. The topological polar surface area (TPSA) is 67.0 Å². The van der Waals surface area contributed by atoms with Crippen molar-refractivity contribution >= 4 is 33.3 Å². The van der Waals surface area contributed by atoms with Crippen LogP contribution in [-0.4, -0.2) is 28.6 Å². The monoisotopic (exact) mass is 327 g/mol. The zero-order chi connectivity index (χ0) is 15.6. The third-order valence-corrected chi connectivity index (χ3v) is 4.81. The molecule has 2 aromatic heterocycles. The van der Waals surface area contributed by atoms with Gasteiger partial charge in [0.1, 0.15) is 0 Å². The van der Waals surface area contributed by atoms with E-state index in [1.807, 2.05) is 29.8 Å². The van der Waals surface area contributed by atoms with Crippen LogP contribution in [0.3, 0.4) is 0 Å². The van der Waals surface area contributed by atoms with E-state index in [0.717, 1.165) is 41.6 Å². The van der Waals surface area contributed by atoms with Gasteiger partial charge in [-0.25, -0.2) is 4.98 Å². The number of fused-ring (bicyclic) bond motifs is 1. The number of benzene rings is 1. The molecule has 3 heterocycles. The highest BCUT2D eigenvalue weighted by atomic mass is 32.1. The number of carbonyl (C=O) groups is 1. The smallest absolute Gasteiger partial charge is 0.228 e. The second-order valence-corrected chi connectivity index (χ2v) is 6.53. The molecule has 3 aromatic rings. The summed E-state index contributed by atoms with van der Waals surface area (Å²) in [5.41, 5.74) is 3.01. The standard InChI is InChI=1S/C17H17N3O2S/c21-16(8-11-4-3-7-22-11)20-17-19-15(10-23-17)13-9-18-14-6-2-1-5-12(13)14/h1-2,5-6,9-11,18H,3-4,7-8H2,(H,19,20,21). The first-order chi connectivity index (χ1) is 11.3. The second kappa shape index (κ2) is 6.14. The Kier molecular flexibility index (Phi) is 3.85. The number of carbonyl (C=O) groups excluding carboxylic acids is 1. The van der Waals surface area contributed by atoms with Gasteiger partial charge in [-0.15, -0.1) is 11.3 Å². The molecule has 4 rings (SSSR count). The Hall–Kier alpha value is -2.18. The largest absolute Gasteiger partial charge is 0.378 e. The Morgan fingerprint density at radius 3 is 3.22 bits per heavy atom. The minimum absolute atomic E-state index is 0.0308. The SMILES string of the molecule is O=C(CC1CCCO1)Nc1nc(-c2c[nH]c3ccccc23)cs1. The van der Waals surface area contributed by atoms with Crippen LogP contribution < -0.4 is 5.32 Å². The minimum Gasteiger partial charge on any atom is -0.378 e. The predicted molar refractivity (Wildman–Crippen MR) is 91.6 cm³/mol. The van der Waals surface area contributed by atoms with Gasteiger partial charge in [-0.05, 0) is 18.9 Å². The predicted octanol–water partition coefficient (Wildman–Crippen LogP) is 3.80. The maximum atomic E-state index is 12.0. The van der Waals surface area contributed by atoms with Crippen molar-refractivity contribution in [3.05, 3.63) is 35.8 Å². The summed E-state index contributed by atoms with van der Waals surface area (Å²) < 4.78 is 5.49. The maximum Gasteiger partial charge on any atom is 0.228 e. The van der Waals surface area contributed by atoms with Gasteiger partial charge in [0.05, 0.1) is 18.2 Å². The van der Waals surface area contributed by atoms with Crippen LogP contribution in [-0.2, 0) is 9.53 Å². The van der Waals surface area contributed by atoms with Crippen LogP contribution in [0.5, 0.6) is 0 Å². The molecule has 1 aliphatic heterocycles. The van der Waals surface area contributed by atoms with Crippen molar-refractivity contribution in [3.63, 3.8) is 0 Å². The highest BCUT2D eigenvalue weighted by molar-refractivity contribution is 7.14. The molecule has 5 nitrogen and oxygen atoms in total. The van der Waals surface area contributed by atoms with Crippen LogP contribution in [0.25, 0.3) is 22.2 Å². The van der Waals surface area contributed by atoms with Crippen LogP contribution in [0.15, 0.2) is 35.8 Å². The highest BCUT2D eigenvalue weighted by Gasteiger charge is 2.20. The number of ether oxygens (including phenoxy) is 1. The molecule has 0 spiro atoms. The third kappa shape index (κ3) is 3.00. The second-order valence-electron chi connectivity index (χ2n) is 5.67. The van der Waals surface area contributed by atoms with Crippen LogP contribution >= 0.6 is 11.3 Å². The van der Waals surface area contributed by atoms with E-state index in [1.165, 1.54) is 11.3 Å². The normalized spacial score (nSPS) is 17.7. The summed E-state index contributed by atoms with van der Waals surface area (Å²) in [5, 5.41) is 6.61. The quantitative estimate of drug-likeness (QED) is 0.766. The number of thiazole rings is 1. The van der Waals surface area contributed by atoms with E-state index < -0.39 is 0 Å². The van der Waals surface area contributed by atoms with E-state index in [4.69, 9.17) is 4.74 Å². The van der Waals surface area contributed by atoms with Crippen molar-refractivity contribution in [2.24, 2.45) is 0 Å².